The van der Waals surface area contributed by atoms with E-state index in [2.05, 4.69) is 13.0 Å². The average Bonchev–Trinajstić information content (AvgIpc) is 2.24. The average molecular weight is 1230 g/mol. The van der Waals surface area contributed by atoms with Crippen LogP contribution >= 0.6 is 0 Å². The minimum absolute atomic E-state index is 0.0394. The summed E-state index contributed by atoms with van der Waals surface area (Å²) < 4.78 is 137. The Labute approximate surface area is 481 Å². The first-order valence-corrected chi connectivity index (χ1v) is 31.0. The van der Waals surface area contributed by atoms with Gasteiger partial charge in [0.1, 0.15) is 90.4 Å². The predicted octanol–water partition coefficient (Wildman–Crippen LogP) is -0.657. The van der Waals surface area contributed by atoms with Crippen molar-refractivity contribution in [3.63, 3.8) is 0 Å². The van der Waals surface area contributed by atoms with Gasteiger partial charge in [0, 0.05) is 31.8 Å². The Morgan fingerprint density at radius 2 is 1.36 bits per heavy atom. The van der Waals surface area contributed by atoms with Gasteiger partial charge in [-0.15, -0.1) is 0 Å². The number of aliphatic hydroxyl groups excluding tert-OH is 7. The first-order chi connectivity index (χ1) is 38.5. The fraction of sp³-hybridized carbons (Fsp3) is 0.906. The van der Waals surface area contributed by atoms with Crippen LogP contribution in [0.3, 0.4) is 0 Å². The quantitative estimate of drug-likeness (QED) is 0.0467. The van der Waals surface area contributed by atoms with Gasteiger partial charge in [0.2, 0.25) is 0 Å². The van der Waals surface area contributed by atoms with E-state index >= 15 is 0 Å². The minimum Gasteiger partial charge on any atom is -0.458 e. The Bertz CT molecular complexity index is 2670. The topological polar surface area (TPSA) is 412 Å². The number of aliphatic hydroxyl groups is 7. The summed E-state index contributed by atoms with van der Waals surface area (Å²) in [6, 6.07) is 0. The van der Waals surface area contributed by atoms with Crippen LogP contribution in [0.4, 0.5) is 0 Å². The molecule has 0 aromatic heterocycles. The van der Waals surface area contributed by atoms with Crippen LogP contribution in [0.5, 0.6) is 0 Å². The number of carbonyl (C=O) groups excluding carboxylic acids is 3. The van der Waals surface area contributed by atoms with Gasteiger partial charge in [0.05, 0.1) is 43.4 Å². The summed E-state index contributed by atoms with van der Waals surface area (Å²) >= 11 is 0. The lowest BCUT2D eigenvalue weighted by Crippen LogP contribution is -2.66. The largest absolute Gasteiger partial charge is 0.458 e. The number of esters is 1. The fourth-order valence-electron chi connectivity index (χ4n) is 16.1. The van der Waals surface area contributed by atoms with Gasteiger partial charge >= 0.3 is 26.8 Å². The molecule has 28 nitrogen and oxygen atoms in total. The Balaban J connectivity index is 0.918. The number of fused-ring (bicyclic) bond motifs is 4. The minimum atomic E-state index is -5.46. The van der Waals surface area contributed by atoms with Crippen LogP contribution in [-0.2, 0) is 90.9 Å². The summed E-state index contributed by atoms with van der Waals surface area (Å²) in [4.78, 5) is 42.0. The van der Waals surface area contributed by atoms with Gasteiger partial charge in [-0.1, -0.05) is 53.2 Å². The van der Waals surface area contributed by atoms with Gasteiger partial charge in [-0.25, -0.2) is 8.37 Å². The normalized spacial score (nSPS) is 48.2. The van der Waals surface area contributed by atoms with Crippen LogP contribution in [0.1, 0.15) is 107 Å². The summed E-state index contributed by atoms with van der Waals surface area (Å²) in [7, 11) is -9.55. The van der Waals surface area contributed by atoms with Gasteiger partial charge in [0.15, 0.2) is 31.3 Å². The van der Waals surface area contributed by atoms with Crippen LogP contribution < -0.4 is 0 Å². The number of Topliss-reactive ketones (excluding diaryl/α,β-unsaturated/α-hetero) is 2. The van der Waals surface area contributed by atoms with Crippen molar-refractivity contribution in [1.82, 2.24) is 0 Å². The lowest BCUT2D eigenvalue weighted by molar-refractivity contribution is -0.380. The molecule has 9 rings (SSSR count). The molecule has 8 fully saturated rings. The second kappa shape index (κ2) is 23.5. The number of ketones is 2. The Morgan fingerprint density at radius 1 is 0.735 bits per heavy atom. The standard InChI is InChI=1S/C53H82O28S2/c1-22(2)16-24(55)17-52(8)43-27(56)18-51(7)26-10-11-31-49(4,5)32(13-14-50(31,6)25(26)12-15-53(43,51)48(63)79-52)75-46-41(34(59)30(21-72-46)80-82(64,65)66)78-44-36(61)35(60)38(23(3)73-44)76-47-42(81-83(67,68)69)39(28(57)20-71-47)77-45-37(62)40(70-9)33(58)29(19-54)74-45/h10,22-23,25,28-47,54,57-62H,11-21H2,1-9H3,(H,64,65,66)(H,67,68,69). The molecule has 0 radical (unpaired) electrons. The highest BCUT2D eigenvalue weighted by Gasteiger charge is 2.79. The van der Waals surface area contributed by atoms with E-state index in [0.29, 0.717) is 38.5 Å². The molecule has 9 aliphatic rings. The molecule has 4 aliphatic carbocycles. The molecule has 1 spiro atoms. The molecule has 0 amide bonds. The van der Waals surface area contributed by atoms with Gasteiger partial charge < -0.3 is 83.1 Å². The molecule has 5 saturated heterocycles. The van der Waals surface area contributed by atoms with E-state index in [-0.39, 0.29) is 42.2 Å². The van der Waals surface area contributed by atoms with Gasteiger partial charge in [-0.3, -0.25) is 23.5 Å². The zero-order valence-corrected chi connectivity index (χ0v) is 49.4. The second-order valence-electron chi connectivity index (χ2n) is 25.8. The Hall–Kier alpha value is -2.35. The molecule has 474 valence electrons. The molecule has 26 unspecified atom stereocenters. The molecule has 0 bridgehead atoms. The smallest absolute Gasteiger partial charge is 0.397 e. The monoisotopic (exact) mass is 1230 g/mol. The molecule has 26 atom stereocenters. The third-order valence-corrected chi connectivity index (χ3v) is 20.8. The number of cyclic esters (lactones) is 1. The number of methoxy groups -OCH3 is 1. The van der Waals surface area contributed by atoms with Crippen LogP contribution in [-0.4, -0.2) is 228 Å². The van der Waals surface area contributed by atoms with Crippen molar-refractivity contribution in [1.29, 1.82) is 0 Å². The summed E-state index contributed by atoms with van der Waals surface area (Å²) in [5.74, 6) is -1.42. The molecule has 30 heteroatoms. The van der Waals surface area contributed by atoms with E-state index < -0.39 is 196 Å². The Kier molecular flexibility index (Phi) is 18.5. The molecule has 0 aromatic carbocycles. The van der Waals surface area contributed by atoms with E-state index in [0.717, 1.165) is 12.7 Å². The van der Waals surface area contributed by atoms with Crippen molar-refractivity contribution in [3.8, 4) is 0 Å². The molecule has 9 N–H and O–H groups in total. The van der Waals surface area contributed by atoms with Crippen molar-refractivity contribution in [2.75, 3.05) is 26.9 Å². The van der Waals surface area contributed by atoms with Crippen molar-refractivity contribution in [2.45, 2.75) is 229 Å². The van der Waals surface area contributed by atoms with Crippen LogP contribution in [0.2, 0.25) is 0 Å². The number of rotatable bonds is 18. The van der Waals surface area contributed by atoms with Gasteiger partial charge in [-0.2, -0.15) is 16.8 Å². The molecule has 83 heavy (non-hydrogen) atoms. The molecular formula is C53H82O28S2. The second-order valence-corrected chi connectivity index (χ2v) is 27.9. The van der Waals surface area contributed by atoms with E-state index in [4.69, 9.17) is 55.7 Å². The zero-order chi connectivity index (χ0) is 61.1. The third-order valence-electron chi connectivity index (χ3n) is 19.8. The first kappa shape index (κ1) is 65.1. The number of ether oxygens (including phenoxy) is 10. The van der Waals surface area contributed by atoms with E-state index in [1.165, 1.54) is 6.92 Å². The molecule has 0 aromatic rings. The lowest BCUT2D eigenvalue weighted by atomic mass is 9.41. The van der Waals surface area contributed by atoms with Gasteiger partial charge in [0.25, 0.3) is 0 Å². The molecule has 3 saturated carbocycles. The number of hydrogen-bond donors (Lipinski definition) is 9. The summed E-state index contributed by atoms with van der Waals surface area (Å²) in [5.41, 5.74) is -3.33. The highest BCUT2D eigenvalue weighted by atomic mass is 32.3. The SMILES string of the molecule is COC1C(O)C(CO)OC(OC2C(O)COC(OC3C(C)OC(OC4C(OC5CCC6(C)C7CCC89C(=O)OC(C)(CC(=O)CC(C)C)C8C(=O)CC9(C)C7=CCC6C5(C)C)OCC(OS(=O)(=O)O)C4O)C(O)C3O)C2OS(=O)(=O)O)C1O. The Morgan fingerprint density at radius 3 is 2.00 bits per heavy atom. The van der Waals surface area contributed by atoms with Crippen molar-refractivity contribution in [3.05, 3.63) is 11.6 Å². The summed E-state index contributed by atoms with van der Waals surface area (Å²) in [6.07, 6.45) is -27.9. The highest BCUT2D eigenvalue weighted by Crippen LogP contribution is 2.75. The molecular weight excluding hydrogens is 1150 g/mol. The number of carbonyl (C=O) groups is 3. The fourth-order valence-corrected chi connectivity index (χ4v) is 17.1. The van der Waals surface area contributed by atoms with Crippen LogP contribution in [0.25, 0.3) is 0 Å². The molecule has 5 heterocycles. The van der Waals surface area contributed by atoms with Gasteiger partial charge in [-0.05, 0) is 74.5 Å². The number of allylic oxidation sites excluding steroid dienone is 2. The van der Waals surface area contributed by atoms with Crippen molar-refractivity contribution < 1.29 is 132 Å². The lowest BCUT2D eigenvalue weighted by Gasteiger charge is -2.63. The van der Waals surface area contributed by atoms with E-state index in [1.54, 1.807) is 6.92 Å². The maximum atomic E-state index is 14.4. The zero-order valence-electron chi connectivity index (χ0n) is 47.7. The highest BCUT2D eigenvalue weighted by molar-refractivity contribution is 7.81. The van der Waals surface area contributed by atoms with Crippen LogP contribution in [0, 0.1) is 45.3 Å². The summed E-state index contributed by atoms with van der Waals surface area (Å²) in [5, 5.41) is 77.5. The van der Waals surface area contributed by atoms with Crippen LogP contribution in [0.15, 0.2) is 11.6 Å². The third kappa shape index (κ3) is 11.7. The van der Waals surface area contributed by atoms with Crippen molar-refractivity contribution >= 4 is 38.3 Å². The maximum absolute atomic E-state index is 14.4. The summed E-state index contributed by atoms with van der Waals surface area (Å²) in [6.45, 7) is 13.0. The predicted molar refractivity (Wildman–Crippen MR) is 276 cm³/mol. The molecule has 5 aliphatic heterocycles. The van der Waals surface area contributed by atoms with E-state index in [1.807, 2.05) is 34.6 Å². The van der Waals surface area contributed by atoms with E-state index in [9.17, 15) is 76.1 Å². The first-order valence-electron chi connectivity index (χ1n) is 28.2. The maximum Gasteiger partial charge on any atom is 0.397 e. The van der Waals surface area contributed by atoms with Crippen molar-refractivity contribution in [2.24, 2.45) is 45.3 Å². The number of hydrogen-bond acceptors (Lipinski definition) is 26.